The van der Waals surface area contributed by atoms with Crippen molar-refractivity contribution in [2.45, 2.75) is 13.8 Å². The van der Waals surface area contributed by atoms with E-state index in [0.717, 1.165) is 16.7 Å². The van der Waals surface area contributed by atoms with Crippen molar-refractivity contribution in [3.63, 3.8) is 0 Å². The molecule has 1 amide bonds. The third-order valence-electron chi connectivity index (χ3n) is 3.60. The molecule has 0 unspecified atom stereocenters. The molecule has 0 atom stereocenters. The Hall–Kier alpha value is -2.88. The van der Waals surface area contributed by atoms with Gasteiger partial charge in [-0.3, -0.25) is 4.79 Å². The summed E-state index contributed by atoms with van der Waals surface area (Å²) in [6.07, 6.45) is 1.49. The summed E-state index contributed by atoms with van der Waals surface area (Å²) < 4.78 is 5.12. The van der Waals surface area contributed by atoms with Crippen LogP contribution in [0.4, 0.5) is 0 Å². The number of furan rings is 1. The average molecular weight is 292 g/mol. The molecule has 0 aliphatic rings. The van der Waals surface area contributed by atoms with Crippen LogP contribution < -0.4 is 5.43 Å². The molecule has 4 heteroatoms. The van der Waals surface area contributed by atoms with Crippen LogP contribution in [0.15, 0.2) is 64.3 Å². The molecule has 0 fully saturated rings. The van der Waals surface area contributed by atoms with Gasteiger partial charge in [-0.05, 0) is 42.3 Å². The predicted molar refractivity (Wildman–Crippen MR) is 87.1 cm³/mol. The van der Waals surface area contributed by atoms with Gasteiger partial charge in [0.15, 0.2) is 0 Å². The normalized spacial score (nSPS) is 11.6. The third kappa shape index (κ3) is 2.76. The van der Waals surface area contributed by atoms with Crippen LogP contribution in [0, 0.1) is 6.92 Å². The Balaban J connectivity index is 1.81. The van der Waals surface area contributed by atoms with Crippen LogP contribution in [0.3, 0.4) is 0 Å². The zero-order valence-corrected chi connectivity index (χ0v) is 12.5. The number of carbonyl (C=O) groups excluding carboxylic acids is 1. The quantitative estimate of drug-likeness (QED) is 0.588. The summed E-state index contributed by atoms with van der Waals surface area (Å²) in [4.78, 5) is 12.0. The first kappa shape index (κ1) is 14.1. The summed E-state index contributed by atoms with van der Waals surface area (Å²) in [7, 11) is 0. The lowest BCUT2D eigenvalue weighted by Crippen LogP contribution is -2.19. The maximum atomic E-state index is 12.0. The van der Waals surface area contributed by atoms with Crippen molar-refractivity contribution in [2.24, 2.45) is 5.10 Å². The second-order valence-corrected chi connectivity index (χ2v) is 5.09. The Morgan fingerprint density at radius 1 is 1.09 bits per heavy atom. The monoisotopic (exact) mass is 292 g/mol. The number of carbonyl (C=O) groups is 1. The zero-order chi connectivity index (χ0) is 15.5. The summed E-state index contributed by atoms with van der Waals surface area (Å²) in [5.41, 5.74) is 4.78. The van der Waals surface area contributed by atoms with E-state index in [0.29, 0.717) is 11.3 Å². The van der Waals surface area contributed by atoms with E-state index in [1.54, 1.807) is 13.0 Å². The molecule has 0 radical (unpaired) electrons. The van der Waals surface area contributed by atoms with Gasteiger partial charge in [0.05, 0.1) is 17.5 Å². The van der Waals surface area contributed by atoms with Crippen LogP contribution in [0.1, 0.15) is 28.6 Å². The van der Waals surface area contributed by atoms with E-state index in [9.17, 15) is 4.79 Å². The minimum absolute atomic E-state index is 0.272. The highest BCUT2D eigenvalue weighted by Crippen LogP contribution is 2.16. The number of aryl methyl sites for hydroxylation is 1. The van der Waals surface area contributed by atoms with E-state index in [4.69, 9.17) is 4.42 Å². The molecule has 1 N–H and O–H groups in total. The van der Waals surface area contributed by atoms with Gasteiger partial charge in [-0.2, -0.15) is 5.10 Å². The molecule has 3 aromatic rings. The molecule has 0 aliphatic carbocycles. The summed E-state index contributed by atoms with van der Waals surface area (Å²) in [5.74, 6) is 0.308. The van der Waals surface area contributed by atoms with Gasteiger partial charge >= 0.3 is 0 Å². The van der Waals surface area contributed by atoms with Gasteiger partial charge in [0.2, 0.25) is 0 Å². The summed E-state index contributed by atoms with van der Waals surface area (Å²) in [6.45, 7) is 3.61. The van der Waals surface area contributed by atoms with E-state index < -0.39 is 0 Å². The molecule has 1 aromatic heterocycles. The van der Waals surface area contributed by atoms with Crippen LogP contribution in [0.25, 0.3) is 10.8 Å². The molecule has 0 saturated heterocycles. The van der Waals surface area contributed by atoms with Crippen molar-refractivity contribution < 1.29 is 9.21 Å². The van der Waals surface area contributed by atoms with Crippen molar-refractivity contribution >= 4 is 22.4 Å². The number of benzene rings is 2. The SMILES string of the molecule is CC(=NNC(=O)c1ccoc1C)c1ccc2ccccc2c1. The Labute approximate surface area is 128 Å². The number of hydrogen-bond acceptors (Lipinski definition) is 3. The molecule has 0 spiro atoms. The molecule has 4 nitrogen and oxygen atoms in total. The number of hydrazone groups is 1. The van der Waals surface area contributed by atoms with Gasteiger partial charge in [0.25, 0.3) is 5.91 Å². The van der Waals surface area contributed by atoms with Crippen LogP contribution >= 0.6 is 0 Å². The van der Waals surface area contributed by atoms with Crippen molar-refractivity contribution in [1.29, 1.82) is 0 Å². The van der Waals surface area contributed by atoms with Gasteiger partial charge in [-0.1, -0.05) is 36.4 Å². The highest BCUT2D eigenvalue weighted by atomic mass is 16.3. The van der Waals surface area contributed by atoms with E-state index >= 15 is 0 Å². The van der Waals surface area contributed by atoms with Crippen molar-refractivity contribution in [2.75, 3.05) is 0 Å². The summed E-state index contributed by atoms with van der Waals surface area (Å²) >= 11 is 0. The lowest BCUT2D eigenvalue weighted by Gasteiger charge is -2.04. The average Bonchev–Trinajstić information content (AvgIpc) is 2.98. The number of nitrogens with one attached hydrogen (secondary N) is 1. The zero-order valence-electron chi connectivity index (χ0n) is 12.5. The van der Waals surface area contributed by atoms with Gasteiger partial charge in [0, 0.05) is 0 Å². The number of rotatable bonds is 3. The Bertz CT molecular complexity index is 862. The third-order valence-corrected chi connectivity index (χ3v) is 3.60. The first-order chi connectivity index (χ1) is 10.6. The number of nitrogens with zero attached hydrogens (tertiary/aromatic N) is 1. The number of hydrogen-bond donors (Lipinski definition) is 1. The fraction of sp³-hybridized carbons (Fsp3) is 0.111. The van der Waals surface area contributed by atoms with E-state index in [2.05, 4.69) is 28.7 Å². The lowest BCUT2D eigenvalue weighted by molar-refractivity contribution is 0.0953. The molecule has 3 rings (SSSR count). The first-order valence-electron chi connectivity index (χ1n) is 7.03. The molecular weight excluding hydrogens is 276 g/mol. The topological polar surface area (TPSA) is 54.6 Å². The van der Waals surface area contributed by atoms with Crippen LogP contribution in [-0.4, -0.2) is 11.6 Å². The highest BCUT2D eigenvalue weighted by molar-refractivity contribution is 6.03. The van der Waals surface area contributed by atoms with Crippen LogP contribution in [0.2, 0.25) is 0 Å². The van der Waals surface area contributed by atoms with Crippen LogP contribution in [0.5, 0.6) is 0 Å². The van der Waals surface area contributed by atoms with Gasteiger partial charge < -0.3 is 4.42 Å². The van der Waals surface area contributed by atoms with Crippen LogP contribution in [-0.2, 0) is 0 Å². The number of fused-ring (bicyclic) bond motifs is 1. The standard InChI is InChI=1S/C18H16N2O2/c1-12(19-20-18(21)17-9-10-22-13(17)2)15-8-7-14-5-3-4-6-16(14)11-15/h3-11H,1-2H3,(H,20,21). The maximum absolute atomic E-state index is 12.0. The first-order valence-corrected chi connectivity index (χ1v) is 7.03. The fourth-order valence-corrected chi connectivity index (χ4v) is 2.29. The Morgan fingerprint density at radius 2 is 1.86 bits per heavy atom. The van der Waals surface area contributed by atoms with Gasteiger partial charge in [-0.25, -0.2) is 5.43 Å². The molecule has 22 heavy (non-hydrogen) atoms. The molecular formula is C18H16N2O2. The van der Waals surface area contributed by atoms with Crippen molar-refractivity contribution in [3.05, 3.63) is 71.7 Å². The van der Waals surface area contributed by atoms with Crippen molar-refractivity contribution in [3.8, 4) is 0 Å². The fourth-order valence-electron chi connectivity index (χ4n) is 2.29. The Kier molecular flexibility index (Phi) is 3.74. The highest BCUT2D eigenvalue weighted by Gasteiger charge is 2.10. The predicted octanol–water partition coefficient (Wildman–Crippen LogP) is 3.90. The molecule has 0 aliphatic heterocycles. The summed E-state index contributed by atoms with van der Waals surface area (Å²) in [6, 6.07) is 15.9. The van der Waals surface area contributed by atoms with Gasteiger partial charge in [0.1, 0.15) is 5.76 Å². The van der Waals surface area contributed by atoms with E-state index in [1.807, 2.05) is 31.2 Å². The largest absolute Gasteiger partial charge is 0.469 e. The molecule has 2 aromatic carbocycles. The van der Waals surface area contributed by atoms with Gasteiger partial charge in [-0.15, -0.1) is 0 Å². The number of amides is 1. The van der Waals surface area contributed by atoms with Crippen molar-refractivity contribution in [1.82, 2.24) is 5.43 Å². The minimum atomic E-state index is -0.272. The second kappa shape index (κ2) is 5.85. The molecule has 0 bridgehead atoms. The second-order valence-electron chi connectivity index (χ2n) is 5.09. The lowest BCUT2D eigenvalue weighted by atomic mass is 10.0. The molecule has 110 valence electrons. The summed E-state index contributed by atoms with van der Waals surface area (Å²) in [5, 5.41) is 6.50. The smallest absolute Gasteiger partial charge is 0.274 e. The minimum Gasteiger partial charge on any atom is -0.469 e. The molecule has 0 saturated carbocycles. The van der Waals surface area contributed by atoms with E-state index in [-0.39, 0.29) is 5.91 Å². The molecule has 1 heterocycles. The van der Waals surface area contributed by atoms with E-state index in [1.165, 1.54) is 11.6 Å². The maximum Gasteiger partial charge on any atom is 0.274 e. The Morgan fingerprint density at radius 3 is 2.59 bits per heavy atom.